The van der Waals surface area contributed by atoms with Gasteiger partial charge in [-0.1, -0.05) is 22.9 Å². The largest absolute Gasteiger partial charge is 0.287 e. The molecule has 0 unspecified atom stereocenters. The third kappa shape index (κ3) is 2.72. The van der Waals surface area contributed by atoms with Crippen LogP contribution in [0.25, 0.3) is 0 Å². The van der Waals surface area contributed by atoms with E-state index in [9.17, 15) is 4.79 Å². The maximum absolute atomic E-state index is 12.4. The summed E-state index contributed by atoms with van der Waals surface area (Å²) in [5.74, 6) is -0.0136. The molecule has 0 aliphatic rings. The molecule has 94 valence electrons. The first-order chi connectivity index (χ1) is 8.63. The van der Waals surface area contributed by atoms with E-state index in [1.54, 1.807) is 10.9 Å². The zero-order chi connectivity index (χ0) is 13.1. The number of ketones is 1. The van der Waals surface area contributed by atoms with Crippen molar-refractivity contribution in [3.05, 3.63) is 50.7 Å². The summed E-state index contributed by atoms with van der Waals surface area (Å²) in [6.07, 6.45) is 2.61. The zero-order valence-electron chi connectivity index (χ0n) is 9.86. The van der Waals surface area contributed by atoms with Crippen molar-refractivity contribution in [1.82, 2.24) is 9.78 Å². The molecule has 1 heterocycles. The Labute approximate surface area is 122 Å². The average molecular weight is 372 g/mol. The molecule has 1 aromatic heterocycles. The lowest BCUT2D eigenvalue weighted by Crippen LogP contribution is -2.12. The highest BCUT2D eigenvalue weighted by atomic mass is 79.9. The molecule has 2 rings (SSSR count). The van der Waals surface area contributed by atoms with Crippen molar-refractivity contribution in [2.24, 2.45) is 0 Å². The van der Waals surface area contributed by atoms with Gasteiger partial charge in [-0.3, -0.25) is 9.48 Å². The Balaban J connectivity index is 2.39. The van der Waals surface area contributed by atoms with E-state index in [0.717, 1.165) is 21.9 Å². The van der Waals surface area contributed by atoms with E-state index in [-0.39, 0.29) is 5.78 Å². The number of benzene rings is 1. The number of aryl methyl sites for hydroxylation is 1. The topological polar surface area (TPSA) is 34.9 Å². The summed E-state index contributed by atoms with van der Waals surface area (Å²) in [5, 5.41) is 4.21. The van der Waals surface area contributed by atoms with Crippen LogP contribution < -0.4 is 0 Å². The highest BCUT2D eigenvalue weighted by Gasteiger charge is 2.18. The first kappa shape index (κ1) is 13.5. The molecule has 0 saturated heterocycles. The summed E-state index contributed by atoms with van der Waals surface area (Å²) >= 11 is 6.75. The summed E-state index contributed by atoms with van der Waals surface area (Å²) in [7, 11) is 0. The van der Waals surface area contributed by atoms with Crippen LogP contribution in [-0.4, -0.2) is 15.6 Å². The second kappa shape index (κ2) is 5.80. The van der Waals surface area contributed by atoms with Crippen LogP contribution in [0.5, 0.6) is 0 Å². The van der Waals surface area contributed by atoms with Crippen molar-refractivity contribution in [2.75, 3.05) is 0 Å². The molecule has 0 spiro atoms. The molecule has 5 heteroatoms. The molecule has 0 amide bonds. The van der Waals surface area contributed by atoms with Crippen molar-refractivity contribution in [1.29, 1.82) is 0 Å². The van der Waals surface area contributed by atoms with E-state index in [4.69, 9.17) is 0 Å². The molecule has 3 nitrogen and oxygen atoms in total. The third-order valence-electron chi connectivity index (χ3n) is 2.55. The second-order valence-corrected chi connectivity index (χ2v) is 5.67. The van der Waals surface area contributed by atoms with Crippen LogP contribution in [0.2, 0.25) is 0 Å². The Bertz CT molecular complexity index is 561. The summed E-state index contributed by atoms with van der Waals surface area (Å²) in [6.45, 7) is 2.80. The molecule has 0 saturated carbocycles. The van der Waals surface area contributed by atoms with E-state index in [1.165, 1.54) is 0 Å². The minimum absolute atomic E-state index is 0.0136. The molecule has 0 aliphatic heterocycles. The van der Waals surface area contributed by atoms with Crippen molar-refractivity contribution in [2.45, 2.75) is 19.9 Å². The van der Waals surface area contributed by atoms with Gasteiger partial charge in [-0.15, -0.1) is 0 Å². The van der Waals surface area contributed by atoms with Gasteiger partial charge in [0.1, 0.15) is 5.69 Å². The summed E-state index contributed by atoms with van der Waals surface area (Å²) in [4.78, 5) is 12.4. The molecular formula is C13H12Br2N2O. The first-order valence-corrected chi connectivity index (χ1v) is 7.23. The van der Waals surface area contributed by atoms with Crippen molar-refractivity contribution in [3.63, 3.8) is 0 Å². The summed E-state index contributed by atoms with van der Waals surface area (Å²) in [5.41, 5.74) is 1.27. The highest BCUT2D eigenvalue weighted by molar-refractivity contribution is 9.10. The molecule has 0 aliphatic carbocycles. The molecule has 18 heavy (non-hydrogen) atoms. The van der Waals surface area contributed by atoms with Crippen molar-refractivity contribution in [3.8, 4) is 0 Å². The lowest BCUT2D eigenvalue weighted by Gasteiger charge is -2.06. The van der Waals surface area contributed by atoms with Gasteiger partial charge < -0.3 is 0 Å². The number of aromatic nitrogens is 2. The fourth-order valence-corrected chi connectivity index (χ4v) is 2.45. The second-order valence-electron chi connectivity index (χ2n) is 3.90. The summed E-state index contributed by atoms with van der Waals surface area (Å²) in [6, 6.07) is 7.34. The molecule has 2 aromatic rings. The molecular weight excluding hydrogens is 360 g/mol. The van der Waals surface area contributed by atoms with Crippen LogP contribution in [0, 0.1) is 0 Å². The van der Waals surface area contributed by atoms with Crippen LogP contribution in [0.3, 0.4) is 0 Å². The lowest BCUT2D eigenvalue weighted by molar-refractivity contribution is 0.102. The fraction of sp³-hybridized carbons (Fsp3) is 0.231. The van der Waals surface area contributed by atoms with E-state index in [0.29, 0.717) is 11.3 Å². The maximum atomic E-state index is 12.4. The van der Waals surface area contributed by atoms with Crippen molar-refractivity contribution < 1.29 is 4.79 Å². The molecule has 0 atom stereocenters. The fourth-order valence-electron chi connectivity index (χ4n) is 1.71. The zero-order valence-corrected chi connectivity index (χ0v) is 13.0. The smallest absolute Gasteiger partial charge is 0.212 e. The van der Waals surface area contributed by atoms with E-state index in [1.807, 2.05) is 24.3 Å². The van der Waals surface area contributed by atoms with E-state index < -0.39 is 0 Å². The summed E-state index contributed by atoms with van der Waals surface area (Å²) < 4.78 is 3.44. The first-order valence-electron chi connectivity index (χ1n) is 5.65. The Hall–Kier alpha value is -0.940. The monoisotopic (exact) mass is 370 g/mol. The van der Waals surface area contributed by atoms with Crippen LogP contribution in [0.4, 0.5) is 0 Å². The van der Waals surface area contributed by atoms with E-state index >= 15 is 0 Å². The number of hydrogen-bond acceptors (Lipinski definition) is 2. The van der Waals surface area contributed by atoms with Crippen LogP contribution in [-0.2, 0) is 6.54 Å². The van der Waals surface area contributed by atoms with Gasteiger partial charge in [-0.25, -0.2) is 0 Å². The van der Waals surface area contributed by atoms with Crippen LogP contribution in [0.1, 0.15) is 29.4 Å². The Morgan fingerprint density at radius 2 is 1.94 bits per heavy atom. The predicted octanol–water partition coefficient (Wildman–Crippen LogP) is 4.05. The van der Waals surface area contributed by atoms with Crippen LogP contribution in [0.15, 0.2) is 39.4 Å². The quantitative estimate of drug-likeness (QED) is 0.760. The SMILES string of the molecule is CCCn1ncc(Br)c1C(=O)c1ccc(Br)cc1. The molecule has 0 bridgehead atoms. The molecule has 0 N–H and O–H groups in total. The minimum atomic E-state index is -0.0136. The minimum Gasteiger partial charge on any atom is -0.287 e. The average Bonchev–Trinajstić information content (AvgIpc) is 2.71. The highest BCUT2D eigenvalue weighted by Crippen LogP contribution is 2.21. The Kier molecular flexibility index (Phi) is 4.35. The van der Waals surface area contributed by atoms with Gasteiger partial charge in [-0.2, -0.15) is 5.10 Å². The Morgan fingerprint density at radius 3 is 2.56 bits per heavy atom. The van der Waals surface area contributed by atoms with Gasteiger partial charge in [0.05, 0.1) is 10.7 Å². The Morgan fingerprint density at radius 1 is 1.28 bits per heavy atom. The van der Waals surface area contributed by atoms with Crippen LogP contribution >= 0.6 is 31.9 Å². The van der Waals surface area contributed by atoms with Gasteiger partial charge in [0, 0.05) is 16.6 Å². The molecule has 0 fully saturated rings. The van der Waals surface area contributed by atoms with Gasteiger partial charge in [0.2, 0.25) is 5.78 Å². The number of halogens is 2. The van der Waals surface area contributed by atoms with Gasteiger partial charge in [-0.05, 0) is 46.6 Å². The normalized spacial score (nSPS) is 10.6. The lowest BCUT2D eigenvalue weighted by atomic mass is 10.1. The number of carbonyl (C=O) groups excluding carboxylic acids is 1. The standard InChI is InChI=1S/C13H12Br2N2O/c1-2-7-17-12(11(15)8-16-17)13(18)9-3-5-10(14)6-4-9/h3-6,8H,2,7H2,1H3. The third-order valence-corrected chi connectivity index (χ3v) is 3.66. The van der Waals surface area contributed by atoms with Gasteiger partial charge >= 0.3 is 0 Å². The number of nitrogens with zero attached hydrogens (tertiary/aromatic N) is 2. The molecule has 0 radical (unpaired) electrons. The van der Waals surface area contributed by atoms with Gasteiger partial charge in [0.25, 0.3) is 0 Å². The number of hydrogen-bond donors (Lipinski definition) is 0. The van der Waals surface area contributed by atoms with Gasteiger partial charge in [0.15, 0.2) is 0 Å². The van der Waals surface area contributed by atoms with Crippen molar-refractivity contribution >= 4 is 37.6 Å². The predicted molar refractivity (Wildman–Crippen MR) is 77.8 cm³/mol. The molecule has 1 aromatic carbocycles. The number of rotatable bonds is 4. The maximum Gasteiger partial charge on any atom is 0.212 e. The van der Waals surface area contributed by atoms with E-state index in [2.05, 4.69) is 43.9 Å². The number of carbonyl (C=O) groups is 1.